The fraction of sp³-hybridized carbons (Fsp3) is 0.296. The maximum Gasteiger partial charge on any atom is 1.00 e. The van der Waals surface area contributed by atoms with Gasteiger partial charge in [-0.25, -0.2) is 4.79 Å². The fourth-order valence-electron chi connectivity index (χ4n) is 5.55. The number of hydrogen-bond acceptors (Lipinski definition) is 7. The van der Waals surface area contributed by atoms with E-state index in [0.29, 0.717) is 16.9 Å². The Labute approximate surface area is 230 Å². The molecule has 2 aliphatic heterocycles. The van der Waals surface area contributed by atoms with Gasteiger partial charge in [-0.05, 0) is 40.8 Å². The number of nitrogens with zero attached hydrogens (tertiary/aromatic N) is 1. The van der Waals surface area contributed by atoms with Crippen molar-refractivity contribution in [2.45, 2.75) is 26.0 Å². The van der Waals surface area contributed by atoms with Gasteiger partial charge < -0.3 is 29.4 Å². The van der Waals surface area contributed by atoms with Crippen LogP contribution in [0.15, 0.2) is 59.8 Å². The van der Waals surface area contributed by atoms with Crippen molar-refractivity contribution >= 4 is 23.4 Å². The predicted molar refractivity (Wildman–Crippen MR) is 123 cm³/mol. The number of esters is 1. The first-order chi connectivity index (χ1) is 16.8. The van der Waals surface area contributed by atoms with Crippen molar-refractivity contribution in [3.8, 4) is 16.9 Å². The van der Waals surface area contributed by atoms with Crippen LogP contribution < -0.4 is 39.4 Å². The zero-order chi connectivity index (χ0) is 25.0. The van der Waals surface area contributed by atoms with E-state index in [9.17, 15) is 24.6 Å². The number of carboxylic acid groups (broad SMARTS) is 1. The van der Waals surface area contributed by atoms with E-state index >= 15 is 0 Å². The first-order valence-electron chi connectivity index (χ1n) is 11.4. The number of hydrogen-bond donors (Lipinski definition) is 1. The maximum atomic E-state index is 12.6. The second kappa shape index (κ2) is 9.86. The summed E-state index contributed by atoms with van der Waals surface area (Å²) in [7, 11) is 1.32. The molecule has 180 valence electrons. The number of carbonyl (C=O) groups excluding carboxylic acids is 3. The Morgan fingerprint density at radius 1 is 1.14 bits per heavy atom. The zero-order valence-electron chi connectivity index (χ0n) is 20.5. The van der Waals surface area contributed by atoms with Gasteiger partial charge in [-0.2, -0.15) is 0 Å². The van der Waals surface area contributed by atoms with E-state index < -0.39 is 35.9 Å². The number of methoxy groups -OCH3 is 1. The van der Waals surface area contributed by atoms with Gasteiger partial charge >= 0.3 is 35.5 Å². The third-order valence-corrected chi connectivity index (χ3v) is 7.16. The average molecular weight is 497 g/mol. The van der Waals surface area contributed by atoms with Gasteiger partial charge in [0, 0.05) is 17.6 Å². The first kappa shape index (κ1) is 26.2. The SMILES string of the molecule is COC(=O)/C=C1\c2ccccc2-c2c(OCC3=C(C(=O)[O-])N4C(=O)C(C(C)O)C4C3C)cccc21.[Na+]. The van der Waals surface area contributed by atoms with Gasteiger partial charge in [0.2, 0.25) is 5.91 Å². The second-order valence-corrected chi connectivity index (χ2v) is 9.01. The molecule has 0 radical (unpaired) electrons. The summed E-state index contributed by atoms with van der Waals surface area (Å²) < 4.78 is 11.0. The van der Waals surface area contributed by atoms with Crippen molar-refractivity contribution in [2.24, 2.45) is 11.8 Å². The van der Waals surface area contributed by atoms with Crippen LogP contribution in [0.5, 0.6) is 5.75 Å². The largest absolute Gasteiger partial charge is 1.00 e. The third-order valence-electron chi connectivity index (χ3n) is 7.16. The van der Waals surface area contributed by atoms with Crippen LogP contribution in [0.2, 0.25) is 0 Å². The minimum absolute atomic E-state index is 0. The van der Waals surface area contributed by atoms with Crippen LogP contribution in [-0.2, 0) is 19.1 Å². The van der Waals surface area contributed by atoms with Gasteiger partial charge in [0.1, 0.15) is 12.4 Å². The molecule has 1 amide bonds. The molecule has 1 saturated heterocycles. The zero-order valence-corrected chi connectivity index (χ0v) is 22.5. The molecule has 0 spiro atoms. The van der Waals surface area contributed by atoms with E-state index in [1.54, 1.807) is 12.1 Å². The molecule has 2 heterocycles. The summed E-state index contributed by atoms with van der Waals surface area (Å²) in [5.41, 5.74) is 4.32. The molecule has 36 heavy (non-hydrogen) atoms. The standard InChI is InChI=1S/C27H25NO7.Na/c1-13-19(25(27(32)33)28-24(13)22(14(2)29)26(28)31)12-35-20-10-6-9-17-18(11-21(30)34-3)15-7-4-5-8-16(15)23(17)20;/h4-11,13-14,22,24,29H,12H2,1-3H3,(H,32,33);/q;+1/p-1/b18-11+;. The van der Waals surface area contributed by atoms with Crippen molar-refractivity contribution < 1.29 is 63.6 Å². The number of benzene rings is 2. The smallest absolute Gasteiger partial charge is 0.543 e. The van der Waals surface area contributed by atoms with E-state index in [4.69, 9.17) is 9.47 Å². The third kappa shape index (κ3) is 3.89. The Balaban J connectivity index is 0.00000304. The number of amides is 1. The van der Waals surface area contributed by atoms with E-state index in [2.05, 4.69) is 0 Å². The molecule has 1 N–H and O–H groups in total. The molecule has 3 aliphatic rings. The Morgan fingerprint density at radius 2 is 1.81 bits per heavy atom. The molecule has 5 rings (SSSR count). The monoisotopic (exact) mass is 497 g/mol. The van der Waals surface area contributed by atoms with Gasteiger partial charge in [-0.1, -0.05) is 43.3 Å². The molecular formula is C27H24NNaO7. The summed E-state index contributed by atoms with van der Waals surface area (Å²) in [4.78, 5) is 37.8. The number of β-lactam (4-membered cyclic amide) rings is 1. The molecular weight excluding hydrogens is 473 g/mol. The van der Waals surface area contributed by atoms with Gasteiger partial charge in [0.15, 0.2) is 0 Å². The van der Waals surface area contributed by atoms with Crippen LogP contribution >= 0.6 is 0 Å². The molecule has 4 unspecified atom stereocenters. The molecule has 4 atom stereocenters. The Bertz CT molecular complexity index is 1330. The normalized spacial score (nSPS) is 23.3. The molecule has 2 aromatic rings. The summed E-state index contributed by atoms with van der Waals surface area (Å²) in [5.74, 6) is -2.79. The number of aliphatic hydroxyl groups excluding tert-OH is 1. The minimum atomic E-state index is -1.44. The number of aliphatic hydroxyl groups is 1. The van der Waals surface area contributed by atoms with Crippen molar-refractivity contribution in [2.75, 3.05) is 13.7 Å². The molecule has 1 fully saturated rings. The van der Waals surface area contributed by atoms with Crippen molar-refractivity contribution in [3.63, 3.8) is 0 Å². The van der Waals surface area contributed by atoms with Crippen LogP contribution in [0.3, 0.4) is 0 Å². The topological polar surface area (TPSA) is 116 Å². The van der Waals surface area contributed by atoms with Crippen molar-refractivity contribution in [3.05, 3.63) is 70.9 Å². The quantitative estimate of drug-likeness (QED) is 0.191. The summed E-state index contributed by atoms with van der Waals surface area (Å²) in [6.45, 7) is 3.30. The molecule has 9 heteroatoms. The molecule has 1 aliphatic carbocycles. The second-order valence-electron chi connectivity index (χ2n) is 9.01. The van der Waals surface area contributed by atoms with Crippen LogP contribution in [0.25, 0.3) is 16.7 Å². The first-order valence-corrected chi connectivity index (χ1v) is 11.4. The number of rotatable bonds is 6. The van der Waals surface area contributed by atoms with Gasteiger partial charge in [0.05, 0.1) is 36.8 Å². The number of aliphatic carboxylic acids is 1. The Kier molecular flexibility index (Phi) is 7.16. The van der Waals surface area contributed by atoms with Gasteiger partial charge in [-0.3, -0.25) is 4.79 Å². The van der Waals surface area contributed by atoms with E-state index in [1.807, 2.05) is 37.3 Å². The van der Waals surface area contributed by atoms with Crippen LogP contribution in [0.4, 0.5) is 0 Å². The van der Waals surface area contributed by atoms with E-state index in [-0.39, 0.29) is 47.8 Å². The van der Waals surface area contributed by atoms with E-state index in [0.717, 1.165) is 22.3 Å². The molecule has 2 aromatic carbocycles. The van der Waals surface area contributed by atoms with Gasteiger partial charge in [-0.15, -0.1) is 0 Å². The van der Waals surface area contributed by atoms with Gasteiger partial charge in [0.25, 0.3) is 0 Å². The summed E-state index contributed by atoms with van der Waals surface area (Å²) in [6, 6.07) is 12.7. The van der Waals surface area contributed by atoms with Crippen molar-refractivity contribution in [1.82, 2.24) is 4.90 Å². The number of ether oxygens (including phenoxy) is 2. The average Bonchev–Trinajstić information content (AvgIpc) is 3.27. The molecule has 0 aromatic heterocycles. The Morgan fingerprint density at radius 3 is 2.44 bits per heavy atom. The summed E-state index contributed by atoms with van der Waals surface area (Å²) in [5, 5.41) is 22.0. The minimum Gasteiger partial charge on any atom is -0.543 e. The Hall–Kier alpha value is -2.91. The number of carboxylic acids is 1. The van der Waals surface area contributed by atoms with Crippen LogP contribution in [-0.4, -0.2) is 53.7 Å². The van der Waals surface area contributed by atoms with Crippen LogP contribution in [0.1, 0.15) is 25.0 Å². The predicted octanol–water partition coefficient (Wildman–Crippen LogP) is -1.48. The maximum absolute atomic E-state index is 12.6. The van der Waals surface area contributed by atoms with Crippen molar-refractivity contribution in [1.29, 1.82) is 0 Å². The number of fused-ring (bicyclic) bond motifs is 4. The fourth-order valence-corrected chi connectivity index (χ4v) is 5.55. The van der Waals surface area contributed by atoms with Crippen LogP contribution in [0, 0.1) is 11.8 Å². The molecule has 8 nitrogen and oxygen atoms in total. The number of carbonyl (C=O) groups is 3. The summed E-state index contributed by atoms with van der Waals surface area (Å²) in [6.07, 6.45) is 0.556. The molecule has 0 saturated carbocycles. The summed E-state index contributed by atoms with van der Waals surface area (Å²) >= 11 is 0. The molecule has 0 bridgehead atoms. The van der Waals surface area contributed by atoms with E-state index in [1.165, 1.54) is 25.0 Å².